The molecule has 0 aromatic rings. The zero-order chi connectivity index (χ0) is 11.3. The van der Waals surface area contributed by atoms with Crippen molar-refractivity contribution in [3.63, 3.8) is 0 Å². The van der Waals surface area contributed by atoms with Gasteiger partial charge < -0.3 is 10.2 Å². The lowest BCUT2D eigenvalue weighted by Gasteiger charge is -2.38. The average Bonchev–Trinajstić information content (AvgIpc) is 2.21. The second-order valence-electron chi connectivity index (χ2n) is 4.91. The van der Waals surface area contributed by atoms with Gasteiger partial charge in [-0.1, -0.05) is 6.92 Å². The molecule has 1 N–H and O–H groups in total. The number of likely N-dealkylation sites (N-methyl/N-ethyl adjacent to an activating group) is 1. The van der Waals surface area contributed by atoms with Gasteiger partial charge in [-0.2, -0.15) is 0 Å². The molecule has 1 heterocycles. The molecule has 1 saturated heterocycles. The molecule has 3 nitrogen and oxygen atoms in total. The van der Waals surface area contributed by atoms with E-state index in [-0.39, 0.29) is 0 Å². The predicted molar refractivity (Wildman–Crippen MR) is 66.3 cm³/mol. The molecule has 0 aromatic heterocycles. The van der Waals surface area contributed by atoms with Crippen molar-refractivity contribution in [3.8, 4) is 0 Å². The normalized spacial score (nSPS) is 26.8. The molecule has 0 spiro atoms. The standard InChI is InChI=1S/C12H27N3/c1-5-11(2)13-6-7-15-9-8-14(4)10-12(15)3/h11-13H,5-10H2,1-4H3. The minimum atomic E-state index is 0.660. The summed E-state index contributed by atoms with van der Waals surface area (Å²) in [4.78, 5) is 5.01. The van der Waals surface area contributed by atoms with Crippen LogP contribution in [0.2, 0.25) is 0 Å². The summed E-state index contributed by atoms with van der Waals surface area (Å²) >= 11 is 0. The highest BCUT2D eigenvalue weighted by Crippen LogP contribution is 2.06. The fourth-order valence-electron chi connectivity index (χ4n) is 2.11. The molecular formula is C12H27N3. The van der Waals surface area contributed by atoms with E-state index in [4.69, 9.17) is 0 Å². The Morgan fingerprint density at radius 2 is 2.13 bits per heavy atom. The number of nitrogens with one attached hydrogen (secondary N) is 1. The van der Waals surface area contributed by atoms with Gasteiger partial charge in [0.2, 0.25) is 0 Å². The Labute approximate surface area is 94.8 Å². The van der Waals surface area contributed by atoms with Crippen molar-refractivity contribution in [3.05, 3.63) is 0 Å². The summed E-state index contributed by atoms with van der Waals surface area (Å²) in [6.45, 7) is 12.8. The van der Waals surface area contributed by atoms with Gasteiger partial charge in [0.1, 0.15) is 0 Å². The van der Waals surface area contributed by atoms with E-state index in [1.165, 1.54) is 32.6 Å². The summed E-state index contributed by atoms with van der Waals surface area (Å²) in [6.07, 6.45) is 1.22. The van der Waals surface area contributed by atoms with Crippen molar-refractivity contribution < 1.29 is 0 Å². The van der Waals surface area contributed by atoms with Crippen LogP contribution in [-0.4, -0.2) is 61.7 Å². The van der Waals surface area contributed by atoms with E-state index in [9.17, 15) is 0 Å². The van der Waals surface area contributed by atoms with E-state index in [0.29, 0.717) is 12.1 Å². The third kappa shape index (κ3) is 4.49. The number of hydrogen-bond donors (Lipinski definition) is 1. The molecular weight excluding hydrogens is 186 g/mol. The van der Waals surface area contributed by atoms with Crippen LogP contribution in [0.25, 0.3) is 0 Å². The van der Waals surface area contributed by atoms with Gasteiger partial charge in [-0.3, -0.25) is 4.90 Å². The van der Waals surface area contributed by atoms with Gasteiger partial charge in [-0.25, -0.2) is 0 Å². The van der Waals surface area contributed by atoms with Crippen molar-refractivity contribution in [1.82, 2.24) is 15.1 Å². The van der Waals surface area contributed by atoms with Crippen molar-refractivity contribution in [2.24, 2.45) is 0 Å². The highest BCUT2D eigenvalue weighted by molar-refractivity contribution is 4.77. The van der Waals surface area contributed by atoms with Crippen LogP contribution in [-0.2, 0) is 0 Å². The minimum absolute atomic E-state index is 0.660. The van der Waals surface area contributed by atoms with Crippen molar-refractivity contribution in [1.29, 1.82) is 0 Å². The molecule has 0 bridgehead atoms. The Hall–Kier alpha value is -0.120. The zero-order valence-corrected chi connectivity index (χ0v) is 10.8. The van der Waals surface area contributed by atoms with E-state index in [2.05, 4.69) is 42.9 Å². The second-order valence-corrected chi connectivity index (χ2v) is 4.91. The first-order chi connectivity index (χ1) is 7.13. The maximum absolute atomic E-state index is 3.56. The van der Waals surface area contributed by atoms with Gasteiger partial charge in [0.15, 0.2) is 0 Å². The minimum Gasteiger partial charge on any atom is -0.313 e. The summed E-state index contributed by atoms with van der Waals surface area (Å²) in [5, 5.41) is 3.56. The van der Waals surface area contributed by atoms with Gasteiger partial charge in [0.25, 0.3) is 0 Å². The topological polar surface area (TPSA) is 18.5 Å². The molecule has 90 valence electrons. The smallest absolute Gasteiger partial charge is 0.0195 e. The van der Waals surface area contributed by atoms with E-state index < -0.39 is 0 Å². The van der Waals surface area contributed by atoms with Crippen LogP contribution in [0.4, 0.5) is 0 Å². The highest BCUT2D eigenvalue weighted by Gasteiger charge is 2.20. The molecule has 0 aliphatic carbocycles. The lowest BCUT2D eigenvalue weighted by molar-refractivity contribution is 0.100. The lowest BCUT2D eigenvalue weighted by Crippen LogP contribution is -2.52. The summed E-state index contributed by atoms with van der Waals surface area (Å²) in [5.74, 6) is 0. The van der Waals surface area contributed by atoms with Gasteiger partial charge in [-0.15, -0.1) is 0 Å². The molecule has 0 aromatic carbocycles. The van der Waals surface area contributed by atoms with E-state index in [0.717, 1.165) is 6.54 Å². The van der Waals surface area contributed by atoms with Crippen molar-refractivity contribution in [2.45, 2.75) is 39.3 Å². The van der Waals surface area contributed by atoms with Gasteiger partial charge in [-0.05, 0) is 27.3 Å². The maximum atomic E-state index is 3.56. The number of piperazine rings is 1. The molecule has 1 aliphatic heterocycles. The van der Waals surface area contributed by atoms with Crippen LogP contribution in [0, 0.1) is 0 Å². The molecule has 0 radical (unpaired) electrons. The van der Waals surface area contributed by atoms with E-state index >= 15 is 0 Å². The summed E-state index contributed by atoms with van der Waals surface area (Å²) < 4.78 is 0. The van der Waals surface area contributed by atoms with Crippen LogP contribution >= 0.6 is 0 Å². The van der Waals surface area contributed by atoms with Crippen LogP contribution < -0.4 is 5.32 Å². The Balaban J connectivity index is 2.15. The van der Waals surface area contributed by atoms with Crippen LogP contribution in [0.5, 0.6) is 0 Å². The fraction of sp³-hybridized carbons (Fsp3) is 1.00. The zero-order valence-electron chi connectivity index (χ0n) is 10.8. The first-order valence-electron chi connectivity index (χ1n) is 6.29. The third-order valence-corrected chi connectivity index (χ3v) is 3.47. The van der Waals surface area contributed by atoms with Crippen molar-refractivity contribution >= 4 is 0 Å². The highest BCUT2D eigenvalue weighted by atomic mass is 15.3. The average molecular weight is 213 g/mol. The molecule has 1 fully saturated rings. The van der Waals surface area contributed by atoms with E-state index in [1.54, 1.807) is 0 Å². The predicted octanol–water partition coefficient (Wildman–Crippen LogP) is 1.01. The first-order valence-corrected chi connectivity index (χ1v) is 6.29. The molecule has 15 heavy (non-hydrogen) atoms. The number of nitrogens with zero attached hydrogens (tertiary/aromatic N) is 2. The molecule has 0 amide bonds. The molecule has 1 rings (SSSR count). The van der Waals surface area contributed by atoms with Gasteiger partial charge in [0, 0.05) is 44.8 Å². The molecule has 1 aliphatic rings. The lowest BCUT2D eigenvalue weighted by atomic mass is 10.2. The second kappa shape index (κ2) is 6.46. The number of rotatable bonds is 5. The summed E-state index contributed by atoms with van der Waals surface area (Å²) in [7, 11) is 2.21. The molecule has 3 heteroatoms. The largest absolute Gasteiger partial charge is 0.313 e. The summed E-state index contributed by atoms with van der Waals surface area (Å²) in [6, 6.07) is 1.37. The monoisotopic (exact) mass is 213 g/mol. The summed E-state index contributed by atoms with van der Waals surface area (Å²) in [5.41, 5.74) is 0. The Morgan fingerprint density at radius 1 is 1.40 bits per heavy atom. The van der Waals surface area contributed by atoms with Gasteiger partial charge >= 0.3 is 0 Å². The van der Waals surface area contributed by atoms with E-state index in [1.807, 2.05) is 0 Å². The SMILES string of the molecule is CCC(C)NCCN1CCN(C)CC1C. The van der Waals surface area contributed by atoms with Crippen LogP contribution in [0.3, 0.4) is 0 Å². The Kier molecular flexibility index (Phi) is 5.58. The van der Waals surface area contributed by atoms with Crippen LogP contribution in [0.15, 0.2) is 0 Å². The van der Waals surface area contributed by atoms with Crippen LogP contribution in [0.1, 0.15) is 27.2 Å². The third-order valence-electron chi connectivity index (χ3n) is 3.47. The molecule has 0 saturated carbocycles. The number of hydrogen-bond acceptors (Lipinski definition) is 3. The van der Waals surface area contributed by atoms with Gasteiger partial charge in [0.05, 0.1) is 0 Å². The molecule has 2 atom stereocenters. The quantitative estimate of drug-likeness (QED) is 0.735. The van der Waals surface area contributed by atoms with Crippen molar-refractivity contribution in [2.75, 3.05) is 39.8 Å². The Bertz CT molecular complexity index is 172. The first kappa shape index (κ1) is 12.9. The maximum Gasteiger partial charge on any atom is 0.0195 e. The molecule has 2 unspecified atom stereocenters. The fourth-order valence-corrected chi connectivity index (χ4v) is 2.11. The Morgan fingerprint density at radius 3 is 2.73 bits per heavy atom.